The van der Waals surface area contributed by atoms with Crippen molar-refractivity contribution in [3.63, 3.8) is 0 Å². The van der Waals surface area contributed by atoms with E-state index in [1.807, 2.05) is 0 Å². The van der Waals surface area contributed by atoms with E-state index in [1.165, 1.54) is 19.3 Å². The van der Waals surface area contributed by atoms with E-state index in [4.69, 9.17) is 0 Å². The molecule has 2 fully saturated rings. The second kappa shape index (κ2) is 15.2. The van der Waals surface area contributed by atoms with Crippen molar-refractivity contribution in [1.82, 2.24) is 0 Å². The number of allylic oxidation sites excluding steroid dienone is 2. The Morgan fingerprint density at radius 3 is 1.85 bits per heavy atom. The van der Waals surface area contributed by atoms with E-state index < -0.39 is 34.8 Å². The van der Waals surface area contributed by atoms with E-state index in [1.54, 1.807) is 0 Å². The first kappa shape index (κ1) is 32.4. The van der Waals surface area contributed by atoms with Crippen LogP contribution in [0.3, 0.4) is 0 Å². The van der Waals surface area contributed by atoms with E-state index in [2.05, 4.69) is 12.2 Å². The number of carbonyl (C=O) groups is 2. The molecular weight excluding hydrogens is 530 g/mol. The predicted molar refractivity (Wildman–Crippen MR) is 144 cm³/mol. The van der Waals surface area contributed by atoms with Crippen LogP contribution in [0.4, 0.5) is 26.3 Å². The largest absolute Gasteiger partial charge is 0.416 e. The lowest BCUT2D eigenvalue weighted by atomic mass is 9.91. The van der Waals surface area contributed by atoms with Crippen LogP contribution in [0.15, 0.2) is 30.4 Å². The van der Waals surface area contributed by atoms with E-state index >= 15 is 0 Å². The Balaban J connectivity index is 1.31. The number of unbranched alkanes of at least 4 members (excludes halogenated alkanes) is 2. The lowest BCUT2D eigenvalue weighted by Gasteiger charge is -2.15. The van der Waals surface area contributed by atoms with Crippen LogP contribution >= 0.6 is 0 Å². The van der Waals surface area contributed by atoms with Crippen LogP contribution in [0.25, 0.3) is 0 Å². The highest BCUT2D eigenvalue weighted by atomic mass is 19.4. The maximum Gasteiger partial charge on any atom is 0.416 e. The number of carbonyl (C=O) groups excluding carboxylic acids is 2. The van der Waals surface area contributed by atoms with Gasteiger partial charge in [-0.05, 0) is 80.9 Å². The number of hydrogen-bond acceptors (Lipinski definition) is 2. The minimum absolute atomic E-state index is 0.0489. The monoisotopic (exact) mass is 572 g/mol. The predicted octanol–water partition coefficient (Wildman–Crippen LogP) is 10.5. The zero-order chi connectivity index (χ0) is 29.2. The van der Waals surface area contributed by atoms with E-state index in [0.29, 0.717) is 48.5 Å². The van der Waals surface area contributed by atoms with Gasteiger partial charge in [-0.3, -0.25) is 9.59 Å². The van der Waals surface area contributed by atoms with Crippen LogP contribution in [-0.2, 0) is 17.1 Å². The SMILES string of the molecule is O=C(CCC/C=C/CCC1CCCC(CCCCC(=O)c2cc(C(F)(F)F)cc(C(F)(F)F)c2)CC1)CC1CC1. The standard InChI is InChI=1S/C32H42F6O2/c33-31(34,35)27-20-26(21-28(22-27)32(36,37)38)30(40)14-7-6-10-24-12-8-11-23(15-16-24)9-4-2-1-3-5-13-29(39)19-25-17-18-25/h1-2,20-25H,3-19H2/b2-1+. The number of hydrogen-bond donors (Lipinski definition) is 0. The molecule has 0 N–H and O–H groups in total. The first-order chi connectivity index (χ1) is 18.9. The van der Waals surface area contributed by atoms with Gasteiger partial charge in [-0.2, -0.15) is 26.3 Å². The normalized spacial score (nSPS) is 20.6. The van der Waals surface area contributed by atoms with Gasteiger partial charge in [-0.1, -0.05) is 57.1 Å². The first-order valence-electron chi connectivity index (χ1n) is 14.9. The minimum Gasteiger partial charge on any atom is -0.300 e. The number of ketones is 2. The molecule has 0 heterocycles. The number of halogens is 6. The smallest absolute Gasteiger partial charge is 0.300 e. The highest BCUT2D eigenvalue weighted by molar-refractivity contribution is 5.96. The zero-order valence-corrected chi connectivity index (χ0v) is 23.2. The number of Topliss-reactive ketones (excluding diaryl/α,β-unsaturated/α-hetero) is 2. The third-order valence-corrected chi connectivity index (χ3v) is 8.33. The Morgan fingerprint density at radius 1 is 0.675 bits per heavy atom. The summed E-state index contributed by atoms with van der Waals surface area (Å²) in [5.41, 5.74) is -3.44. The molecule has 0 spiro atoms. The molecule has 3 rings (SSSR count). The fraction of sp³-hybridized carbons (Fsp3) is 0.688. The molecule has 2 aliphatic carbocycles. The summed E-state index contributed by atoms with van der Waals surface area (Å²) >= 11 is 0. The molecule has 2 saturated carbocycles. The van der Waals surface area contributed by atoms with Gasteiger partial charge in [0.05, 0.1) is 11.1 Å². The molecule has 0 bridgehead atoms. The topological polar surface area (TPSA) is 34.1 Å². The fourth-order valence-corrected chi connectivity index (χ4v) is 5.74. The number of benzene rings is 1. The van der Waals surface area contributed by atoms with Gasteiger partial charge in [-0.15, -0.1) is 0 Å². The first-order valence-corrected chi connectivity index (χ1v) is 14.9. The van der Waals surface area contributed by atoms with Crippen molar-refractivity contribution < 1.29 is 35.9 Å². The second-order valence-electron chi connectivity index (χ2n) is 11.8. The summed E-state index contributed by atoms with van der Waals surface area (Å²) in [4.78, 5) is 24.2. The third kappa shape index (κ3) is 11.8. The van der Waals surface area contributed by atoms with Gasteiger partial charge in [0.2, 0.25) is 0 Å². The molecule has 1 aromatic carbocycles. The molecule has 2 aliphatic rings. The summed E-state index contributed by atoms with van der Waals surface area (Å²) in [5.74, 6) is 1.64. The summed E-state index contributed by atoms with van der Waals surface area (Å²) in [6, 6.07) is 1.09. The molecule has 0 aromatic heterocycles. The van der Waals surface area contributed by atoms with Gasteiger partial charge in [0.1, 0.15) is 5.78 Å². The summed E-state index contributed by atoms with van der Waals surface area (Å²) in [7, 11) is 0. The maximum absolute atomic E-state index is 13.1. The molecule has 8 heteroatoms. The highest BCUT2D eigenvalue weighted by Gasteiger charge is 2.37. The van der Waals surface area contributed by atoms with Crippen LogP contribution in [0.2, 0.25) is 0 Å². The van der Waals surface area contributed by atoms with Gasteiger partial charge in [0.25, 0.3) is 0 Å². The highest BCUT2D eigenvalue weighted by Crippen LogP contribution is 2.37. The lowest BCUT2D eigenvalue weighted by Crippen LogP contribution is -2.13. The van der Waals surface area contributed by atoms with Gasteiger partial charge in [0.15, 0.2) is 5.78 Å². The van der Waals surface area contributed by atoms with Crippen molar-refractivity contribution >= 4 is 11.6 Å². The van der Waals surface area contributed by atoms with Gasteiger partial charge >= 0.3 is 12.4 Å². The summed E-state index contributed by atoms with van der Waals surface area (Å²) in [6.07, 6.45) is 10.4. The van der Waals surface area contributed by atoms with Gasteiger partial charge in [-0.25, -0.2) is 0 Å². The van der Waals surface area contributed by atoms with Gasteiger partial charge in [0, 0.05) is 24.8 Å². The molecular formula is C32H42F6O2. The Labute approximate surface area is 234 Å². The minimum atomic E-state index is -4.96. The summed E-state index contributed by atoms with van der Waals surface area (Å²) in [5, 5.41) is 0. The van der Waals surface area contributed by atoms with Gasteiger partial charge < -0.3 is 0 Å². The Bertz CT molecular complexity index is 958. The summed E-state index contributed by atoms with van der Waals surface area (Å²) in [6.45, 7) is 0. The van der Waals surface area contributed by atoms with E-state index in [-0.39, 0.29) is 12.5 Å². The average Bonchev–Trinajstić information content (AvgIpc) is 3.72. The molecule has 2 atom stereocenters. The molecule has 0 saturated heterocycles. The molecule has 0 amide bonds. The molecule has 2 nitrogen and oxygen atoms in total. The van der Waals surface area contributed by atoms with E-state index in [0.717, 1.165) is 70.6 Å². The molecule has 0 radical (unpaired) electrons. The molecule has 2 unspecified atom stereocenters. The fourth-order valence-electron chi connectivity index (χ4n) is 5.74. The van der Waals surface area contributed by atoms with Crippen LogP contribution in [-0.4, -0.2) is 11.6 Å². The maximum atomic E-state index is 13.1. The number of rotatable bonds is 15. The molecule has 1 aromatic rings. The second-order valence-corrected chi connectivity index (χ2v) is 11.8. The van der Waals surface area contributed by atoms with Crippen LogP contribution in [0.5, 0.6) is 0 Å². The third-order valence-electron chi connectivity index (χ3n) is 8.33. The summed E-state index contributed by atoms with van der Waals surface area (Å²) < 4.78 is 78.4. The van der Waals surface area contributed by atoms with E-state index in [9.17, 15) is 35.9 Å². The van der Waals surface area contributed by atoms with Crippen molar-refractivity contribution in [1.29, 1.82) is 0 Å². The van der Waals surface area contributed by atoms with Crippen molar-refractivity contribution in [2.45, 2.75) is 122 Å². The van der Waals surface area contributed by atoms with Crippen molar-refractivity contribution in [2.75, 3.05) is 0 Å². The number of alkyl halides is 6. The Hall–Kier alpha value is -2.12. The molecule has 224 valence electrons. The Kier molecular flexibility index (Phi) is 12.3. The quantitative estimate of drug-likeness (QED) is 0.0689. The Morgan fingerprint density at radius 2 is 1.25 bits per heavy atom. The molecule has 0 aliphatic heterocycles. The van der Waals surface area contributed by atoms with Crippen molar-refractivity contribution in [3.05, 3.63) is 47.0 Å². The lowest BCUT2D eigenvalue weighted by molar-refractivity contribution is -0.143. The zero-order valence-electron chi connectivity index (χ0n) is 23.2. The van der Waals surface area contributed by atoms with Crippen molar-refractivity contribution in [3.8, 4) is 0 Å². The van der Waals surface area contributed by atoms with Crippen LogP contribution in [0, 0.1) is 17.8 Å². The molecule has 40 heavy (non-hydrogen) atoms. The van der Waals surface area contributed by atoms with Crippen LogP contribution in [0.1, 0.15) is 131 Å². The average molecular weight is 573 g/mol. The van der Waals surface area contributed by atoms with Crippen molar-refractivity contribution in [2.24, 2.45) is 17.8 Å². The van der Waals surface area contributed by atoms with Crippen LogP contribution < -0.4 is 0 Å².